The topological polar surface area (TPSA) is 32.6 Å². The van der Waals surface area contributed by atoms with Crippen molar-refractivity contribution >= 4 is 16.8 Å². The minimum atomic E-state index is 0.725. The molecule has 0 saturated heterocycles. The van der Waals surface area contributed by atoms with E-state index in [-0.39, 0.29) is 0 Å². The molecule has 0 aliphatic carbocycles. The molecule has 0 bridgehead atoms. The molecule has 1 N–H and O–H groups in total. The molecular weight excluding hydrogens is 134 g/mol. The fourth-order valence-corrected chi connectivity index (χ4v) is 0.713. The van der Waals surface area contributed by atoms with Crippen LogP contribution < -0.4 is 0 Å². The van der Waals surface area contributed by atoms with E-state index >= 15 is 0 Å². The number of rotatable bonds is 1. The van der Waals surface area contributed by atoms with E-state index in [1.54, 1.807) is 6.92 Å². The lowest BCUT2D eigenvalue weighted by Gasteiger charge is -1.87. The molecule has 0 saturated carbocycles. The second-order valence-corrected chi connectivity index (χ2v) is 2.51. The first-order valence-corrected chi connectivity index (χ1v) is 4.11. The van der Waals surface area contributed by atoms with Crippen LogP contribution in [-0.2, 0) is 0 Å². The molecule has 0 heterocycles. The summed E-state index contributed by atoms with van der Waals surface area (Å²) in [5, 5.41) is 11.7. The Kier molecular flexibility index (Phi) is 13.8. The summed E-state index contributed by atoms with van der Waals surface area (Å²) in [4.78, 5) is 0. The molecule has 0 rings (SSSR count). The number of hydrogen-bond donors (Lipinski definition) is 1. The third-order valence-corrected chi connectivity index (χ3v) is 1.28. The maximum Gasteiger partial charge on any atom is 0.109 e. The Morgan fingerprint density at radius 2 is 2.00 bits per heavy atom. The Hall–Kier alpha value is -0.180. The van der Waals surface area contributed by atoms with Crippen molar-refractivity contribution < 1.29 is 5.21 Å². The largest absolute Gasteiger partial charge is 0.410 e. The lowest BCUT2D eigenvalue weighted by Crippen LogP contribution is -1.81. The molecule has 0 aliphatic heterocycles. The average Bonchev–Trinajstić information content (AvgIpc) is 1.93. The van der Waals surface area contributed by atoms with E-state index in [1.165, 1.54) is 11.8 Å². The van der Waals surface area contributed by atoms with E-state index in [4.69, 9.17) is 5.21 Å². The summed E-state index contributed by atoms with van der Waals surface area (Å²) >= 11 is 1.53. The quantitative estimate of drug-likeness (QED) is 0.269. The highest BCUT2D eigenvalue weighted by molar-refractivity contribution is 8.13. The fraction of sp³-hybridized carbons (Fsp3) is 0.833. The van der Waals surface area contributed by atoms with Gasteiger partial charge in [-0.3, -0.25) is 0 Å². The highest BCUT2D eigenvalue weighted by Gasteiger charge is 1.84. The predicted octanol–water partition coefficient (Wildman–Crippen LogP) is 2.57. The van der Waals surface area contributed by atoms with Gasteiger partial charge in [-0.05, 0) is 12.7 Å². The van der Waals surface area contributed by atoms with Gasteiger partial charge in [-0.2, -0.15) is 0 Å². The van der Waals surface area contributed by atoms with Gasteiger partial charge in [-0.15, -0.1) is 11.8 Å². The first-order chi connectivity index (χ1) is 4.31. The lowest BCUT2D eigenvalue weighted by atomic mass is 10.9. The molecule has 9 heavy (non-hydrogen) atoms. The number of thioether (sulfide) groups is 1. The first kappa shape index (κ1) is 11.6. The average molecular weight is 149 g/mol. The normalized spacial score (nSPS) is 10.0. The Morgan fingerprint density at radius 1 is 1.56 bits per heavy atom. The SMILES string of the molecule is CC.CCS/C(C)=N\O. The van der Waals surface area contributed by atoms with Crippen LogP contribution in [0.3, 0.4) is 0 Å². The third-order valence-electron chi connectivity index (χ3n) is 0.494. The van der Waals surface area contributed by atoms with Gasteiger partial charge in [0.2, 0.25) is 0 Å². The molecule has 0 fully saturated rings. The molecule has 0 aliphatic rings. The van der Waals surface area contributed by atoms with E-state index in [9.17, 15) is 0 Å². The zero-order valence-electron chi connectivity index (χ0n) is 6.51. The molecule has 0 aromatic carbocycles. The van der Waals surface area contributed by atoms with Gasteiger partial charge in [-0.1, -0.05) is 25.9 Å². The standard InChI is InChI=1S/C4H9NOS.C2H6/c1-3-7-4(2)5-6;1-2/h6H,3H2,1-2H3;1-2H3/b5-4-;. The van der Waals surface area contributed by atoms with Crippen molar-refractivity contribution in [2.45, 2.75) is 27.7 Å². The van der Waals surface area contributed by atoms with E-state index in [0.717, 1.165) is 10.8 Å². The van der Waals surface area contributed by atoms with Crippen molar-refractivity contribution in [3.05, 3.63) is 0 Å². The zero-order valence-corrected chi connectivity index (χ0v) is 7.33. The highest BCUT2D eigenvalue weighted by Crippen LogP contribution is 1.99. The molecule has 3 heteroatoms. The summed E-state index contributed by atoms with van der Waals surface area (Å²) in [5.74, 6) is 0.968. The summed E-state index contributed by atoms with van der Waals surface area (Å²) < 4.78 is 0. The van der Waals surface area contributed by atoms with Gasteiger partial charge in [0.25, 0.3) is 0 Å². The van der Waals surface area contributed by atoms with Crippen LogP contribution in [0.25, 0.3) is 0 Å². The highest BCUT2D eigenvalue weighted by atomic mass is 32.2. The van der Waals surface area contributed by atoms with Gasteiger partial charge in [0, 0.05) is 0 Å². The lowest BCUT2D eigenvalue weighted by molar-refractivity contribution is 0.320. The van der Waals surface area contributed by atoms with Crippen LogP contribution >= 0.6 is 11.8 Å². The molecule has 0 unspecified atom stereocenters. The molecular formula is C6H15NOS. The molecule has 0 atom stereocenters. The smallest absolute Gasteiger partial charge is 0.109 e. The van der Waals surface area contributed by atoms with Crippen molar-refractivity contribution in [1.82, 2.24) is 0 Å². The first-order valence-electron chi connectivity index (χ1n) is 3.12. The molecule has 0 aromatic heterocycles. The Labute approximate surface area is 61.3 Å². The minimum absolute atomic E-state index is 0.725. The van der Waals surface area contributed by atoms with Crippen LogP contribution in [0.15, 0.2) is 5.16 Å². The second kappa shape index (κ2) is 10.7. The predicted molar refractivity (Wildman–Crippen MR) is 44.4 cm³/mol. The van der Waals surface area contributed by atoms with Gasteiger partial charge in [0.1, 0.15) is 5.04 Å². The van der Waals surface area contributed by atoms with E-state index < -0.39 is 0 Å². The van der Waals surface area contributed by atoms with Gasteiger partial charge >= 0.3 is 0 Å². The van der Waals surface area contributed by atoms with Crippen molar-refractivity contribution in [1.29, 1.82) is 0 Å². The molecule has 0 aromatic rings. The van der Waals surface area contributed by atoms with Crippen LogP contribution in [0.2, 0.25) is 0 Å². The summed E-state index contributed by atoms with van der Waals surface area (Å²) in [6.45, 7) is 7.79. The summed E-state index contributed by atoms with van der Waals surface area (Å²) in [7, 11) is 0. The van der Waals surface area contributed by atoms with Crippen LogP contribution in [0.5, 0.6) is 0 Å². The fourth-order valence-electron chi connectivity index (χ4n) is 0.238. The van der Waals surface area contributed by atoms with Gasteiger partial charge in [0.15, 0.2) is 0 Å². The Bertz CT molecular complexity index is 73.5. The van der Waals surface area contributed by atoms with Crippen LogP contribution in [0.1, 0.15) is 27.7 Å². The molecule has 56 valence electrons. The minimum Gasteiger partial charge on any atom is -0.410 e. The second-order valence-electron chi connectivity index (χ2n) is 1.05. The Balaban J connectivity index is 0. The van der Waals surface area contributed by atoms with Gasteiger partial charge in [-0.25, -0.2) is 0 Å². The summed E-state index contributed by atoms with van der Waals surface area (Å²) in [5.41, 5.74) is 0. The third kappa shape index (κ3) is 11.4. The number of oxime groups is 1. The molecule has 2 nitrogen and oxygen atoms in total. The van der Waals surface area contributed by atoms with Crippen molar-refractivity contribution in [3.8, 4) is 0 Å². The van der Waals surface area contributed by atoms with E-state index in [0.29, 0.717) is 0 Å². The molecule has 0 spiro atoms. The van der Waals surface area contributed by atoms with Crippen molar-refractivity contribution in [3.63, 3.8) is 0 Å². The van der Waals surface area contributed by atoms with Gasteiger partial charge < -0.3 is 5.21 Å². The maximum atomic E-state index is 8.03. The number of hydrogen-bond acceptors (Lipinski definition) is 3. The molecule has 0 radical (unpaired) electrons. The summed E-state index contributed by atoms with van der Waals surface area (Å²) in [6.07, 6.45) is 0. The number of nitrogens with zero attached hydrogens (tertiary/aromatic N) is 1. The molecule has 0 amide bonds. The van der Waals surface area contributed by atoms with Crippen molar-refractivity contribution in [2.75, 3.05) is 5.75 Å². The monoisotopic (exact) mass is 149 g/mol. The van der Waals surface area contributed by atoms with Gasteiger partial charge in [0.05, 0.1) is 0 Å². The van der Waals surface area contributed by atoms with Crippen LogP contribution in [0, 0.1) is 0 Å². The van der Waals surface area contributed by atoms with E-state index in [1.807, 2.05) is 20.8 Å². The summed E-state index contributed by atoms with van der Waals surface area (Å²) in [6, 6.07) is 0. The van der Waals surface area contributed by atoms with Crippen LogP contribution in [-0.4, -0.2) is 16.0 Å². The maximum absolute atomic E-state index is 8.03. The van der Waals surface area contributed by atoms with E-state index in [2.05, 4.69) is 5.16 Å². The van der Waals surface area contributed by atoms with Crippen LogP contribution in [0.4, 0.5) is 0 Å². The zero-order chi connectivity index (χ0) is 7.70. The van der Waals surface area contributed by atoms with Crippen molar-refractivity contribution in [2.24, 2.45) is 5.16 Å². The Morgan fingerprint density at radius 3 is 2.11 bits per heavy atom.